The number of hydrogen-bond acceptors (Lipinski definition) is 7. The highest BCUT2D eigenvalue weighted by atomic mass is 19.4. The lowest BCUT2D eigenvalue weighted by atomic mass is 10.4. The van der Waals surface area contributed by atoms with E-state index in [0.717, 1.165) is 0 Å². The fourth-order valence-electron chi connectivity index (χ4n) is 0.876. The van der Waals surface area contributed by atoms with Crippen molar-refractivity contribution in [1.82, 2.24) is 9.97 Å². The van der Waals surface area contributed by atoms with Gasteiger partial charge in [-0.3, -0.25) is 15.5 Å². The Bertz CT molecular complexity index is 452. The van der Waals surface area contributed by atoms with E-state index in [2.05, 4.69) is 14.7 Å². The Hall–Kier alpha value is -2.17. The average molecular weight is 267 g/mol. The quantitative estimate of drug-likeness (QED) is 0.474. The molecule has 8 nitrogen and oxygen atoms in total. The summed E-state index contributed by atoms with van der Waals surface area (Å²) in [5, 5.41) is 10.6. The van der Waals surface area contributed by atoms with Crippen molar-refractivity contribution in [1.29, 1.82) is 0 Å². The van der Waals surface area contributed by atoms with Crippen molar-refractivity contribution >= 4 is 11.6 Å². The Morgan fingerprint density at radius 1 is 1.61 bits per heavy atom. The van der Waals surface area contributed by atoms with Crippen LogP contribution in [0.3, 0.4) is 0 Å². The molecular formula is C7H8F3N5O3. The number of nitrogens with zero attached hydrogens (tertiary/aromatic N) is 3. The Morgan fingerprint density at radius 2 is 2.22 bits per heavy atom. The number of halogens is 3. The van der Waals surface area contributed by atoms with Crippen molar-refractivity contribution in [2.45, 2.75) is 19.2 Å². The minimum atomic E-state index is -4.67. The number of ether oxygens (including phenoxy) is 1. The van der Waals surface area contributed by atoms with E-state index in [1.54, 1.807) is 0 Å². The monoisotopic (exact) mass is 267 g/mol. The smallest absolute Gasteiger partial charge is 0.425 e. The van der Waals surface area contributed by atoms with Gasteiger partial charge in [0.15, 0.2) is 6.10 Å². The van der Waals surface area contributed by atoms with Crippen LogP contribution in [0.5, 0.6) is 5.88 Å². The summed E-state index contributed by atoms with van der Waals surface area (Å²) in [4.78, 5) is 16.4. The molecule has 100 valence electrons. The maximum Gasteiger partial charge on any atom is 0.425 e. The van der Waals surface area contributed by atoms with E-state index in [4.69, 9.17) is 5.84 Å². The molecule has 11 heteroatoms. The first-order valence-electron chi connectivity index (χ1n) is 4.47. The number of anilines is 1. The molecule has 0 aliphatic heterocycles. The van der Waals surface area contributed by atoms with Crippen LogP contribution < -0.4 is 16.0 Å². The van der Waals surface area contributed by atoms with Crippen LogP contribution in [0, 0.1) is 10.1 Å². The number of alkyl halides is 3. The van der Waals surface area contributed by atoms with E-state index in [1.807, 2.05) is 5.43 Å². The lowest BCUT2D eigenvalue weighted by molar-refractivity contribution is -0.387. The van der Waals surface area contributed by atoms with E-state index >= 15 is 0 Å². The van der Waals surface area contributed by atoms with Gasteiger partial charge < -0.3 is 4.74 Å². The van der Waals surface area contributed by atoms with Crippen LogP contribution in [0.15, 0.2) is 6.20 Å². The minimum Gasteiger partial charge on any atom is -0.460 e. The number of nitrogens with two attached hydrogens (primary N) is 1. The van der Waals surface area contributed by atoms with Crippen LogP contribution in [0.2, 0.25) is 0 Å². The van der Waals surface area contributed by atoms with E-state index < -0.39 is 28.8 Å². The second-order valence-corrected chi connectivity index (χ2v) is 3.09. The zero-order valence-electron chi connectivity index (χ0n) is 8.93. The van der Waals surface area contributed by atoms with E-state index in [9.17, 15) is 23.3 Å². The maximum atomic E-state index is 12.3. The molecule has 0 amide bonds. The molecule has 0 spiro atoms. The van der Waals surface area contributed by atoms with Gasteiger partial charge in [-0.1, -0.05) is 0 Å². The number of nitrogens with one attached hydrogen (secondary N) is 1. The number of nitrogen functional groups attached to an aromatic ring is 1. The largest absolute Gasteiger partial charge is 0.460 e. The summed E-state index contributed by atoms with van der Waals surface area (Å²) in [6.45, 7) is 0.696. The van der Waals surface area contributed by atoms with Crippen LogP contribution in [-0.4, -0.2) is 27.2 Å². The van der Waals surface area contributed by atoms with Crippen LogP contribution in [0.25, 0.3) is 0 Å². The Kier molecular flexibility index (Phi) is 3.86. The van der Waals surface area contributed by atoms with Gasteiger partial charge in [0.2, 0.25) is 5.95 Å². The van der Waals surface area contributed by atoms with Crippen LogP contribution in [-0.2, 0) is 0 Å². The molecule has 0 fully saturated rings. The van der Waals surface area contributed by atoms with E-state index in [-0.39, 0.29) is 5.95 Å². The third-order valence-corrected chi connectivity index (χ3v) is 1.81. The molecule has 1 unspecified atom stereocenters. The standard InChI is InChI=1S/C7H8F3N5O3/c1-3(7(8,9)10)18-5-4(15(16)17)2-12-6(13-5)14-11/h2-3H,11H2,1H3,(H,12,13,14). The molecule has 3 N–H and O–H groups in total. The van der Waals surface area contributed by atoms with Gasteiger partial charge >= 0.3 is 11.9 Å². The average Bonchev–Trinajstić information content (AvgIpc) is 2.27. The molecule has 1 aromatic rings. The summed E-state index contributed by atoms with van der Waals surface area (Å²) in [7, 11) is 0. The Balaban J connectivity index is 3.08. The molecule has 0 saturated heterocycles. The summed E-state index contributed by atoms with van der Waals surface area (Å²) in [6, 6.07) is 0. The molecular weight excluding hydrogens is 259 g/mol. The number of hydrazine groups is 1. The highest BCUT2D eigenvalue weighted by Crippen LogP contribution is 2.29. The molecule has 0 saturated carbocycles. The molecule has 0 aromatic carbocycles. The van der Waals surface area contributed by atoms with Crippen molar-refractivity contribution < 1.29 is 22.8 Å². The molecule has 1 aromatic heterocycles. The summed E-state index contributed by atoms with van der Waals surface area (Å²) < 4.78 is 41.2. The fourth-order valence-corrected chi connectivity index (χ4v) is 0.876. The predicted octanol–water partition coefficient (Wildman–Crippen LogP) is 1.00. The molecule has 0 aliphatic rings. The second-order valence-electron chi connectivity index (χ2n) is 3.09. The lowest BCUT2D eigenvalue weighted by Crippen LogP contribution is -2.31. The highest BCUT2D eigenvalue weighted by molar-refractivity contribution is 5.42. The van der Waals surface area contributed by atoms with Crippen molar-refractivity contribution in [2.75, 3.05) is 5.43 Å². The third-order valence-electron chi connectivity index (χ3n) is 1.81. The summed E-state index contributed by atoms with van der Waals surface area (Å²) in [6.07, 6.45) is -6.23. The van der Waals surface area contributed by atoms with Gasteiger partial charge in [0.1, 0.15) is 6.20 Å². The normalized spacial score (nSPS) is 12.9. The fraction of sp³-hybridized carbons (Fsp3) is 0.429. The molecule has 18 heavy (non-hydrogen) atoms. The molecule has 1 heterocycles. The van der Waals surface area contributed by atoms with Crippen molar-refractivity contribution in [3.05, 3.63) is 16.3 Å². The number of rotatable bonds is 4. The van der Waals surface area contributed by atoms with Crippen LogP contribution >= 0.6 is 0 Å². The first-order chi connectivity index (χ1) is 8.25. The Labute approximate surface area is 98.1 Å². The Morgan fingerprint density at radius 3 is 2.67 bits per heavy atom. The first kappa shape index (κ1) is 13.9. The first-order valence-corrected chi connectivity index (χ1v) is 4.47. The topological polar surface area (TPSA) is 116 Å². The van der Waals surface area contributed by atoms with Gasteiger partial charge in [0.05, 0.1) is 4.92 Å². The number of hydrogen-bond donors (Lipinski definition) is 2. The predicted molar refractivity (Wildman–Crippen MR) is 52.6 cm³/mol. The van der Waals surface area contributed by atoms with Gasteiger partial charge in [-0.2, -0.15) is 18.2 Å². The van der Waals surface area contributed by atoms with Gasteiger partial charge in [0, 0.05) is 0 Å². The molecule has 1 atom stereocenters. The van der Waals surface area contributed by atoms with Crippen molar-refractivity contribution in [3.8, 4) is 5.88 Å². The van der Waals surface area contributed by atoms with Gasteiger partial charge in [-0.05, 0) is 6.92 Å². The van der Waals surface area contributed by atoms with Crippen LogP contribution in [0.4, 0.5) is 24.8 Å². The lowest BCUT2D eigenvalue weighted by Gasteiger charge is -2.16. The third kappa shape index (κ3) is 3.16. The van der Waals surface area contributed by atoms with Gasteiger partial charge in [0.25, 0.3) is 5.88 Å². The van der Waals surface area contributed by atoms with E-state index in [1.165, 1.54) is 0 Å². The zero-order valence-corrected chi connectivity index (χ0v) is 8.93. The van der Waals surface area contributed by atoms with Crippen molar-refractivity contribution in [2.24, 2.45) is 5.84 Å². The minimum absolute atomic E-state index is 0.301. The van der Waals surface area contributed by atoms with E-state index in [0.29, 0.717) is 13.1 Å². The molecule has 1 rings (SSSR count). The highest BCUT2D eigenvalue weighted by Gasteiger charge is 2.39. The number of aromatic nitrogens is 2. The summed E-state index contributed by atoms with van der Waals surface area (Å²) >= 11 is 0. The van der Waals surface area contributed by atoms with Crippen LogP contribution in [0.1, 0.15) is 6.92 Å². The number of nitro groups is 1. The van der Waals surface area contributed by atoms with Crippen molar-refractivity contribution in [3.63, 3.8) is 0 Å². The maximum absolute atomic E-state index is 12.3. The molecule has 0 bridgehead atoms. The van der Waals surface area contributed by atoms with Gasteiger partial charge in [-0.25, -0.2) is 10.8 Å². The SMILES string of the molecule is CC(Oc1nc(NN)ncc1[N+](=O)[O-])C(F)(F)F. The zero-order chi connectivity index (χ0) is 13.9. The second kappa shape index (κ2) is 5.00. The summed E-state index contributed by atoms with van der Waals surface area (Å²) in [5.74, 6) is 3.83. The summed E-state index contributed by atoms with van der Waals surface area (Å²) in [5.41, 5.74) is 1.15. The molecule has 0 aliphatic carbocycles. The van der Waals surface area contributed by atoms with Gasteiger partial charge in [-0.15, -0.1) is 0 Å². The molecule has 0 radical (unpaired) electrons.